The summed E-state index contributed by atoms with van der Waals surface area (Å²) in [4.78, 5) is 15.7. The zero-order valence-electron chi connectivity index (χ0n) is 10.7. The highest BCUT2D eigenvalue weighted by molar-refractivity contribution is 5.90. The molecule has 1 aromatic rings. The van der Waals surface area contributed by atoms with Crippen molar-refractivity contribution in [1.82, 2.24) is 4.98 Å². The molecule has 1 aliphatic heterocycles. The lowest BCUT2D eigenvalue weighted by molar-refractivity contribution is 0.0538. The zero-order valence-corrected chi connectivity index (χ0v) is 10.7. The second-order valence-electron chi connectivity index (χ2n) is 4.76. The lowest BCUT2D eigenvalue weighted by Crippen LogP contribution is -2.43. The van der Waals surface area contributed by atoms with Crippen molar-refractivity contribution in [3.05, 3.63) is 23.9 Å². The van der Waals surface area contributed by atoms with Gasteiger partial charge in [-0.1, -0.05) is 0 Å². The predicted molar refractivity (Wildman–Crippen MR) is 67.7 cm³/mol. The van der Waals surface area contributed by atoms with Crippen molar-refractivity contribution in [3.8, 4) is 0 Å². The molecule has 18 heavy (non-hydrogen) atoms. The Kier molecular flexibility index (Phi) is 3.81. The maximum absolute atomic E-state index is 11.4. The molecule has 0 aromatic carbocycles. The van der Waals surface area contributed by atoms with Gasteiger partial charge in [-0.25, -0.2) is 9.78 Å². The number of aromatic nitrogens is 1. The first-order chi connectivity index (χ1) is 8.63. The number of anilines is 1. The fourth-order valence-corrected chi connectivity index (χ4v) is 2.09. The molecule has 0 spiro atoms. The van der Waals surface area contributed by atoms with Crippen molar-refractivity contribution >= 4 is 11.8 Å². The van der Waals surface area contributed by atoms with E-state index in [-0.39, 0.29) is 11.5 Å². The van der Waals surface area contributed by atoms with E-state index >= 15 is 0 Å². The minimum absolute atomic E-state index is 0.125. The maximum atomic E-state index is 11.4. The van der Waals surface area contributed by atoms with Crippen molar-refractivity contribution in [2.24, 2.45) is 0 Å². The van der Waals surface area contributed by atoms with Crippen LogP contribution < -0.4 is 5.32 Å². The molecule has 0 amide bonds. The van der Waals surface area contributed by atoms with E-state index in [1.165, 1.54) is 7.11 Å². The Morgan fingerprint density at radius 2 is 2.44 bits per heavy atom. The number of esters is 1. The number of nitrogens with zero attached hydrogens (tertiary/aromatic N) is 1. The number of carbonyl (C=O) groups is 1. The molecule has 2 heterocycles. The molecule has 1 aromatic heterocycles. The summed E-state index contributed by atoms with van der Waals surface area (Å²) in [6.45, 7) is 3.56. The van der Waals surface area contributed by atoms with Crippen LogP contribution in [0.1, 0.15) is 30.1 Å². The Labute approximate surface area is 107 Å². The highest BCUT2D eigenvalue weighted by atomic mass is 16.5. The van der Waals surface area contributed by atoms with Crippen LogP contribution in [0.5, 0.6) is 0 Å². The number of nitrogens with one attached hydrogen (secondary N) is 1. The van der Waals surface area contributed by atoms with Crippen LogP contribution in [-0.4, -0.2) is 36.8 Å². The van der Waals surface area contributed by atoms with Gasteiger partial charge in [-0.2, -0.15) is 0 Å². The van der Waals surface area contributed by atoms with Gasteiger partial charge >= 0.3 is 5.97 Å². The van der Waals surface area contributed by atoms with Crippen molar-refractivity contribution in [3.63, 3.8) is 0 Å². The van der Waals surface area contributed by atoms with Gasteiger partial charge in [0.05, 0.1) is 24.8 Å². The summed E-state index contributed by atoms with van der Waals surface area (Å²) >= 11 is 0. The maximum Gasteiger partial charge on any atom is 0.338 e. The molecule has 1 aliphatic rings. The molecular formula is C13H18N2O3. The van der Waals surface area contributed by atoms with Crippen LogP contribution in [0.25, 0.3) is 0 Å². The smallest absolute Gasteiger partial charge is 0.338 e. The Morgan fingerprint density at radius 3 is 3.11 bits per heavy atom. The average molecular weight is 250 g/mol. The Morgan fingerprint density at radius 1 is 1.61 bits per heavy atom. The third kappa shape index (κ3) is 2.98. The largest absolute Gasteiger partial charge is 0.465 e. The summed E-state index contributed by atoms with van der Waals surface area (Å²) in [5.41, 5.74) is 0.371. The molecule has 98 valence electrons. The van der Waals surface area contributed by atoms with E-state index in [2.05, 4.69) is 22.0 Å². The molecule has 0 radical (unpaired) electrons. The molecule has 5 heteroatoms. The van der Waals surface area contributed by atoms with E-state index in [9.17, 15) is 4.79 Å². The molecule has 1 fully saturated rings. The summed E-state index contributed by atoms with van der Waals surface area (Å²) in [6.07, 6.45) is 3.65. The van der Waals surface area contributed by atoms with Crippen LogP contribution in [0.3, 0.4) is 0 Å². The third-order valence-electron chi connectivity index (χ3n) is 3.05. The highest BCUT2D eigenvalue weighted by Gasteiger charge is 2.27. The summed E-state index contributed by atoms with van der Waals surface area (Å²) in [7, 11) is 1.37. The van der Waals surface area contributed by atoms with E-state index < -0.39 is 0 Å². The zero-order chi connectivity index (χ0) is 13.0. The minimum Gasteiger partial charge on any atom is -0.465 e. The second-order valence-corrected chi connectivity index (χ2v) is 4.76. The summed E-state index contributed by atoms with van der Waals surface area (Å²) in [6, 6.07) is 3.34. The summed E-state index contributed by atoms with van der Waals surface area (Å²) < 4.78 is 10.2. The molecule has 0 saturated carbocycles. The van der Waals surface area contributed by atoms with Crippen LogP contribution in [-0.2, 0) is 9.47 Å². The third-order valence-corrected chi connectivity index (χ3v) is 3.05. The van der Waals surface area contributed by atoms with Crippen LogP contribution in [0, 0.1) is 0 Å². The topological polar surface area (TPSA) is 60.5 Å². The molecule has 2 rings (SSSR count). The molecular weight excluding hydrogens is 232 g/mol. The first-order valence-corrected chi connectivity index (χ1v) is 6.03. The number of hydrogen-bond acceptors (Lipinski definition) is 5. The van der Waals surface area contributed by atoms with Crippen LogP contribution >= 0.6 is 0 Å². The number of carbonyl (C=O) groups excluding carboxylic acids is 1. The van der Waals surface area contributed by atoms with Gasteiger partial charge in [0, 0.05) is 12.8 Å². The van der Waals surface area contributed by atoms with E-state index in [1.54, 1.807) is 18.3 Å². The lowest BCUT2D eigenvalue weighted by atomic mass is 9.95. The summed E-state index contributed by atoms with van der Waals surface area (Å²) in [5, 5.41) is 3.33. The first kappa shape index (κ1) is 12.8. The fourth-order valence-electron chi connectivity index (χ4n) is 2.09. The summed E-state index contributed by atoms with van der Waals surface area (Å²) in [5.74, 6) is 0.316. The molecule has 1 atom stereocenters. The van der Waals surface area contributed by atoms with Gasteiger partial charge in [0.25, 0.3) is 0 Å². The van der Waals surface area contributed by atoms with Gasteiger partial charge in [-0.15, -0.1) is 0 Å². The van der Waals surface area contributed by atoms with Crippen molar-refractivity contribution < 1.29 is 14.3 Å². The van der Waals surface area contributed by atoms with Gasteiger partial charge in [0.2, 0.25) is 0 Å². The van der Waals surface area contributed by atoms with Gasteiger partial charge in [-0.3, -0.25) is 0 Å². The van der Waals surface area contributed by atoms with Gasteiger partial charge in [0.1, 0.15) is 5.82 Å². The number of hydrogen-bond donors (Lipinski definition) is 1. The number of ether oxygens (including phenoxy) is 2. The Hall–Kier alpha value is -1.62. The van der Waals surface area contributed by atoms with E-state index in [1.807, 2.05) is 0 Å². The molecule has 0 aliphatic carbocycles. The first-order valence-electron chi connectivity index (χ1n) is 6.03. The predicted octanol–water partition coefficient (Wildman–Crippen LogP) is 1.85. The van der Waals surface area contributed by atoms with Crippen molar-refractivity contribution in [2.45, 2.75) is 25.3 Å². The van der Waals surface area contributed by atoms with E-state index in [0.29, 0.717) is 18.0 Å². The normalized spacial score (nSPS) is 23.4. The highest BCUT2D eigenvalue weighted by Crippen LogP contribution is 2.23. The van der Waals surface area contributed by atoms with Crippen LogP contribution in [0.15, 0.2) is 18.3 Å². The molecule has 1 unspecified atom stereocenters. The SMILES string of the molecule is COC(=O)c1ccnc(NC2(C)CCCOC2)c1. The van der Waals surface area contributed by atoms with E-state index in [4.69, 9.17) is 4.74 Å². The fraction of sp³-hybridized carbons (Fsp3) is 0.538. The van der Waals surface area contributed by atoms with Gasteiger partial charge < -0.3 is 14.8 Å². The number of methoxy groups -OCH3 is 1. The van der Waals surface area contributed by atoms with Crippen molar-refractivity contribution in [2.75, 3.05) is 25.6 Å². The van der Waals surface area contributed by atoms with Gasteiger partial charge in [0.15, 0.2) is 0 Å². The Bertz CT molecular complexity index is 428. The number of pyridine rings is 1. The lowest BCUT2D eigenvalue weighted by Gasteiger charge is -2.34. The van der Waals surface area contributed by atoms with Crippen molar-refractivity contribution in [1.29, 1.82) is 0 Å². The quantitative estimate of drug-likeness (QED) is 0.829. The van der Waals surface area contributed by atoms with Gasteiger partial charge in [-0.05, 0) is 31.9 Å². The Balaban J connectivity index is 2.11. The molecule has 1 saturated heterocycles. The average Bonchev–Trinajstić information content (AvgIpc) is 2.38. The number of rotatable bonds is 3. The molecule has 0 bridgehead atoms. The monoisotopic (exact) mass is 250 g/mol. The molecule has 1 N–H and O–H groups in total. The standard InChI is InChI=1S/C13H18N2O3/c1-13(5-3-7-18-9-13)15-11-8-10(4-6-14-11)12(16)17-2/h4,6,8H,3,5,7,9H2,1-2H3,(H,14,15). The van der Waals surface area contributed by atoms with Crippen LogP contribution in [0.4, 0.5) is 5.82 Å². The van der Waals surface area contributed by atoms with Crippen LogP contribution in [0.2, 0.25) is 0 Å². The van der Waals surface area contributed by atoms with E-state index in [0.717, 1.165) is 19.4 Å². The second kappa shape index (κ2) is 5.35. The minimum atomic E-state index is -0.356. The molecule has 5 nitrogen and oxygen atoms in total.